The average Bonchev–Trinajstić information content (AvgIpc) is 2.44. The Morgan fingerprint density at radius 2 is 1.33 bits per heavy atom. The first-order chi connectivity index (χ1) is 8.84. The van der Waals surface area contributed by atoms with Gasteiger partial charge in [0.25, 0.3) is 0 Å². The van der Waals surface area contributed by atoms with Crippen molar-refractivity contribution in [2.45, 2.75) is 9.79 Å². The van der Waals surface area contributed by atoms with E-state index in [1.807, 2.05) is 48.5 Å². The normalized spacial score (nSPS) is 10.7. The van der Waals surface area contributed by atoms with Gasteiger partial charge in [0.05, 0.1) is 0 Å². The van der Waals surface area contributed by atoms with Crippen molar-refractivity contribution < 1.29 is 5.11 Å². The maximum Gasteiger partial charge on any atom is 0.123 e. The zero-order valence-corrected chi connectivity index (χ0v) is 10.5. The maximum atomic E-state index is 9.85. The summed E-state index contributed by atoms with van der Waals surface area (Å²) >= 11 is 1.71. The first-order valence-electron chi connectivity index (χ1n) is 5.78. The van der Waals surface area contributed by atoms with E-state index in [0.29, 0.717) is 5.75 Å². The third-order valence-corrected chi connectivity index (χ3v) is 3.92. The average molecular weight is 252 g/mol. The molecule has 3 aromatic carbocycles. The molecule has 3 aromatic rings. The Hall–Kier alpha value is -1.93. The summed E-state index contributed by atoms with van der Waals surface area (Å²) in [5.74, 6) is 0.336. The molecule has 0 spiro atoms. The molecule has 0 aliphatic heterocycles. The molecule has 1 nitrogen and oxygen atoms in total. The third kappa shape index (κ3) is 2.07. The van der Waals surface area contributed by atoms with Gasteiger partial charge in [0.15, 0.2) is 0 Å². The molecule has 0 aliphatic carbocycles. The van der Waals surface area contributed by atoms with Gasteiger partial charge in [-0.25, -0.2) is 0 Å². The van der Waals surface area contributed by atoms with Gasteiger partial charge in [-0.15, -0.1) is 0 Å². The van der Waals surface area contributed by atoms with Crippen molar-refractivity contribution in [1.29, 1.82) is 0 Å². The second-order valence-electron chi connectivity index (χ2n) is 4.04. The topological polar surface area (TPSA) is 20.2 Å². The van der Waals surface area contributed by atoms with Gasteiger partial charge in [-0.1, -0.05) is 54.2 Å². The van der Waals surface area contributed by atoms with E-state index in [9.17, 15) is 5.11 Å². The smallest absolute Gasteiger partial charge is 0.123 e. The van der Waals surface area contributed by atoms with Crippen molar-refractivity contribution in [3.8, 4) is 5.75 Å². The lowest BCUT2D eigenvalue weighted by atomic mass is 10.1. The van der Waals surface area contributed by atoms with E-state index >= 15 is 0 Å². The van der Waals surface area contributed by atoms with Crippen LogP contribution >= 0.6 is 11.8 Å². The van der Waals surface area contributed by atoms with Crippen LogP contribution in [0.4, 0.5) is 0 Å². The molecule has 2 heteroatoms. The van der Waals surface area contributed by atoms with E-state index in [-0.39, 0.29) is 0 Å². The fraction of sp³-hybridized carbons (Fsp3) is 0. The number of hydrogen-bond acceptors (Lipinski definition) is 2. The number of aromatic hydroxyl groups is 1. The molecule has 0 aromatic heterocycles. The van der Waals surface area contributed by atoms with Gasteiger partial charge in [0.1, 0.15) is 5.75 Å². The van der Waals surface area contributed by atoms with Gasteiger partial charge in [-0.2, -0.15) is 0 Å². The van der Waals surface area contributed by atoms with Crippen molar-refractivity contribution in [3.63, 3.8) is 0 Å². The van der Waals surface area contributed by atoms with Crippen LogP contribution in [0.25, 0.3) is 10.8 Å². The Labute approximate surface area is 110 Å². The van der Waals surface area contributed by atoms with Crippen LogP contribution < -0.4 is 0 Å². The summed E-state index contributed by atoms with van der Waals surface area (Å²) in [6, 6.07) is 21.9. The SMILES string of the molecule is Oc1ccc(Sc2ccccc2)c2ccccc12. The highest BCUT2D eigenvalue weighted by Gasteiger charge is 2.05. The van der Waals surface area contributed by atoms with Gasteiger partial charge in [-0.05, 0) is 29.7 Å². The van der Waals surface area contributed by atoms with Crippen molar-refractivity contribution in [2.75, 3.05) is 0 Å². The summed E-state index contributed by atoms with van der Waals surface area (Å²) in [4.78, 5) is 2.36. The van der Waals surface area contributed by atoms with Gasteiger partial charge >= 0.3 is 0 Å². The highest BCUT2D eigenvalue weighted by Crippen LogP contribution is 2.36. The third-order valence-electron chi connectivity index (χ3n) is 2.83. The Bertz CT molecular complexity index is 677. The minimum atomic E-state index is 0.336. The summed E-state index contributed by atoms with van der Waals surface area (Å²) in [7, 11) is 0. The molecular weight excluding hydrogens is 240 g/mol. The predicted molar refractivity (Wildman–Crippen MR) is 76.2 cm³/mol. The summed E-state index contributed by atoms with van der Waals surface area (Å²) in [6.07, 6.45) is 0. The van der Waals surface area contributed by atoms with E-state index in [1.165, 1.54) is 4.90 Å². The number of phenolic OH excluding ortho intramolecular Hbond substituents is 1. The molecule has 18 heavy (non-hydrogen) atoms. The molecule has 0 radical (unpaired) electrons. The van der Waals surface area contributed by atoms with Crippen LogP contribution in [0.5, 0.6) is 5.75 Å². The molecule has 0 saturated heterocycles. The Morgan fingerprint density at radius 1 is 0.667 bits per heavy atom. The summed E-state index contributed by atoms with van der Waals surface area (Å²) < 4.78 is 0. The Morgan fingerprint density at radius 3 is 2.11 bits per heavy atom. The fourth-order valence-electron chi connectivity index (χ4n) is 1.96. The van der Waals surface area contributed by atoms with Crippen molar-refractivity contribution in [2.24, 2.45) is 0 Å². The van der Waals surface area contributed by atoms with Crippen molar-refractivity contribution in [1.82, 2.24) is 0 Å². The number of hydrogen-bond donors (Lipinski definition) is 1. The van der Waals surface area contributed by atoms with Gasteiger partial charge in [0, 0.05) is 15.2 Å². The van der Waals surface area contributed by atoms with Gasteiger partial charge in [0.2, 0.25) is 0 Å². The summed E-state index contributed by atoms with van der Waals surface area (Å²) in [5.41, 5.74) is 0. The van der Waals surface area contributed by atoms with Crippen LogP contribution in [0.2, 0.25) is 0 Å². The molecule has 0 heterocycles. The molecule has 0 unspecified atom stereocenters. The molecular formula is C16H12OS. The van der Waals surface area contributed by atoms with E-state index in [2.05, 4.69) is 12.1 Å². The Kier molecular flexibility index (Phi) is 2.95. The minimum Gasteiger partial charge on any atom is -0.507 e. The first-order valence-corrected chi connectivity index (χ1v) is 6.60. The van der Waals surface area contributed by atoms with Gasteiger partial charge in [-0.3, -0.25) is 0 Å². The molecule has 0 amide bonds. The monoisotopic (exact) mass is 252 g/mol. The standard InChI is InChI=1S/C16H12OS/c17-15-10-11-16(14-9-5-4-8-13(14)15)18-12-6-2-1-3-7-12/h1-11,17H. The van der Waals surface area contributed by atoms with E-state index in [4.69, 9.17) is 0 Å². The number of benzene rings is 3. The molecule has 3 rings (SSSR count). The molecule has 0 saturated carbocycles. The second-order valence-corrected chi connectivity index (χ2v) is 5.16. The van der Waals surface area contributed by atoms with Crippen LogP contribution in [0, 0.1) is 0 Å². The fourth-order valence-corrected chi connectivity index (χ4v) is 2.93. The summed E-state index contributed by atoms with van der Waals surface area (Å²) in [6.45, 7) is 0. The van der Waals surface area contributed by atoms with Crippen LogP contribution in [0.3, 0.4) is 0 Å². The molecule has 0 atom stereocenters. The molecule has 0 aliphatic rings. The van der Waals surface area contributed by atoms with Crippen molar-refractivity contribution >= 4 is 22.5 Å². The number of phenols is 1. The lowest BCUT2D eigenvalue weighted by Crippen LogP contribution is -1.79. The highest BCUT2D eigenvalue weighted by atomic mass is 32.2. The number of rotatable bonds is 2. The number of fused-ring (bicyclic) bond motifs is 1. The highest BCUT2D eigenvalue weighted by molar-refractivity contribution is 7.99. The molecule has 0 fully saturated rings. The van der Waals surface area contributed by atoms with Crippen LogP contribution in [-0.2, 0) is 0 Å². The lowest BCUT2D eigenvalue weighted by molar-refractivity contribution is 0.481. The maximum absolute atomic E-state index is 9.85. The van der Waals surface area contributed by atoms with Crippen LogP contribution in [0.15, 0.2) is 76.5 Å². The quantitative estimate of drug-likeness (QED) is 0.713. The van der Waals surface area contributed by atoms with E-state index < -0.39 is 0 Å². The lowest BCUT2D eigenvalue weighted by Gasteiger charge is -2.07. The largest absolute Gasteiger partial charge is 0.507 e. The predicted octanol–water partition coefficient (Wildman–Crippen LogP) is 4.70. The first kappa shape index (κ1) is 11.2. The van der Waals surface area contributed by atoms with Crippen LogP contribution in [-0.4, -0.2) is 5.11 Å². The van der Waals surface area contributed by atoms with Crippen molar-refractivity contribution in [3.05, 3.63) is 66.7 Å². The second kappa shape index (κ2) is 4.75. The summed E-state index contributed by atoms with van der Waals surface area (Å²) in [5, 5.41) is 11.8. The van der Waals surface area contributed by atoms with Crippen LogP contribution in [0.1, 0.15) is 0 Å². The van der Waals surface area contributed by atoms with E-state index in [1.54, 1.807) is 17.8 Å². The minimum absolute atomic E-state index is 0.336. The molecule has 1 N–H and O–H groups in total. The Balaban J connectivity index is 2.10. The van der Waals surface area contributed by atoms with E-state index in [0.717, 1.165) is 15.7 Å². The molecule has 88 valence electrons. The van der Waals surface area contributed by atoms with Gasteiger partial charge < -0.3 is 5.11 Å². The zero-order chi connectivity index (χ0) is 12.4. The molecule has 0 bridgehead atoms. The zero-order valence-electron chi connectivity index (χ0n) is 9.71.